The molecule has 0 saturated heterocycles. The molecule has 3 rings (SSSR count). The summed E-state index contributed by atoms with van der Waals surface area (Å²) in [6.07, 6.45) is 1.28. The van der Waals surface area contributed by atoms with Gasteiger partial charge in [-0.1, -0.05) is 41.9 Å². The summed E-state index contributed by atoms with van der Waals surface area (Å²) in [4.78, 5) is 22.8. The Labute approximate surface area is 209 Å². The summed E-state index contributed by atoms with van der Waals surface area (Å²) in [7, 11) is 0. The summed E-state index contributed by atoms with van der Waals surface area (Å²) in [5.74, 6) is 0.586. The fraction of sp³-hybridized carbons (Fsp3) is 0.167. The Balaban J connectivity index is 1.68. The van der Waals surface area contributed by atoms with Crippen molar-refractivity contribution < 1.29 is 19.2 Å². The van der Waals surface area contributed by atoms with Crippen LogP contribution in [0.3, 0.4) is 0 Å². The van der Waals surface area contributed by atoms with Gasteiger partial charge in [-0.15, -0.1) is 0 Å². The van der Waals surface area contributed by atoms with E-state index in [0.29, 0.717) is 45.3 Å². The van der Waals surface area contributed by atoms with Crippen LogP contribution < -0.4 is 14.9 Å². The molecule has 0 heterocycles. The van der Waals surface area contributed by atoms with Crippen molar-refractivity contribution in [2.75, 3.05) is 6.61 Å². The first-order valence-corrected chi connectivity index (χ1v) is 11.4. The lowest BCUT2D eigenvalue weighted by molar-refractivity contribution is -0.385. The van der Waals surface area contributed by atoms with Crippen LogP contribution in [-0.4, -0.2) is 23.7 Å². The second kappa shape index (κ2) is 12.2. The summed E-state index contributed by atoms with van der Waals surface area (Å²) in [6, 6.07) is 16.9. The molecule has 0 unspecified atom stereocenters. The molecule has 0 aliphatic rings. The third kappa shape index (κ3) is 7.03. The van der Waals surface area contributed by atoms with Gasteiger partial charge in [0, 0.05) is 26.7 Å². The van der Waals surface area contributed by atoms with Crippen molar-refractivity contribution in [3.8, 4) is 11.5 Å². The largest absolute Gasteiger partial charge is 0.490 e. The lowest BCUT2D eigenvalue weighted by Crippen LogP contribution is -2.20. The quantitative estimate of drug-likeness (QED) is 0.200. The molecule has 3 aromatic rings. The number of hydrogen-bond donors (Lipinski definition) is 1. The molecular weight excluding hydrogens is 526 g/mol. The molecule has 0 aromatic heterocycles. The number of nitrogens with one attached hydrogen (secondary N) is 1. The zero-order valence-electron chi connectivity index (χ0n) is 18.2. The van der Waals surface area contributed by atoms with E-state index in [1.54, 1.807) is 36.4 Å². The number of benzene rings is 3. The molecule has 0 saturated carbocycles. The van der Waals surface area contributed by atoms with Crippen molar-refractivity contribution in [1.29, 1.82) is 0 Å². The monoisotopic (exact) mass is 545 g/mol. The molecule has 34 heavy (non-hydrogen) atoms. The van der Waals surface area contributed by atoms with Crippen LogP contribution in [0.4, 0.5) is 5.69 Å². The van der Waals surface area contributed by atoms with E-state index in [4.69, 9.17) is 21.1 Å². The summed E-state index contributed by atoms with van der Waals surface area (Å²) in [5, 5.41) is 15.7. The van der Waals surface area contributed by atoms with Crippen molar-refractivity contribution in [2.45, 2.75) is 20.0 Å². The van der Waals surface area contributed by atoms with Gasteiger partial charge in [0.25, 0.3) is 5.69 Å². The van der Waals surface area contributed by atoms with Crippen LogP contribution in [0.25, 0.3) is 0 Å². The number of nitro groups is 1. The van der Waals surface area contributed by atoms with Crippen molar-refractivity contribution in [1.82, 2.24) is 5.43 Å². The van der Waals surface area contributed by atoms with E-state index in [1.165, 1.54) is 18.3 Å². The Bertz CT molecular complexity index is 1200. The van der Waals surface area contributed by atoms with Gasteiger partial charge in [0.1, 0.15) is 6.61 Å². The highest BCUT2D eigenvalue weighted by Gasteiger charge is 2.15. The highest BCUT2D eigenvalue weighted by Crippen LogP contribution is 2.34. The number of ether oxygens (including phenoxy) is 2. The van der Waals surface area contributed by atoms with Crippen molar-refractivity contribution in [3.63, 3.8) is 0 Å². The van der Waals surface area contributed by atoms with Gasteiger partial charge in [-0.3, -0.25) is 14.9 Å². The van der Waals surface area contributed by atoms with Crippen LogP contribution in [0.15, 0.2) is 70.2 Å². The fourth-order valence-electron chi connectivity index (χ4n) is 3.00. The van der Waals surface area contributed by atoms with E-state index in [2.05, 4.69) is 26.5 Å². The standard InChI is InChI=1S/C24H21BrClN3O5/c1-2-33-22-11-18(20(25)13-23(22)34-15-16-7-9-19(26)10-8-16)14-27-28-24(30)12-17-5-3-4-6-21(17)29(31)32/h3-11,13-14H,2,12,15H2,1H3,(H,28,30)/b27-14+. The van der Waals surface area contributed by atoms with E-state index in [-0.39, 0.29) is 12.1 Å². The number of amides is 1. The average molecular weight is 547 g/mol. The Morgan fingerprint density at radius 3 is 2.56 bits per heavy atom. The summed E-state index contributed by atoms with van der Waals surface area (Å²) >= 11 is 9.40. The van der Waals surface area contributed by atoms with Crippen molar-refractivity contribution in [3.05, 3.63) is 97.0 Å². The van der Waals surface area contributed by atoms with Crippen LogP contribution >= 0.6 is 27.5 Å². The molecule has 0 atom stereocenters. The molecule has 0 aliphatic heterocycles. The van der Waals surface area contributed by atoms with Gasteiger partial charge < -0.3 is 9.47 Å². The highest BCUT2D eigenvalue weighted by molar-refractivity contribution is 9.10. The van der Waals surface area contributed by atoms with E-state index in [1.807, 2.05) is 19.1 Å². The van der Waals surface area contributed by atoms with Gasteiger partial charge in [-0.25, -0.2) is 5.43 Å². The average Bonchev–Trinajstić information content (AvgIpc) is 2.81. The highest BCUT2D eigenvalue weighted by atomic mass is 79.9. The van der Waals surface area contributed by atoms with Crippen molar-refractivity contribution >= 4 is 45.3 Å². The summed E-state index contributed by atoms with van der Waals surface area (Å²) in [5.41, 5.74) is 4.19. The second-order valence-electron chi connectivity index (χ2n) is 7.02. The normalized spacial score (nSPS) is 10.8. The Morgan fingerprint density at radius 1 is 1.15 bits per heavy atom. The van der Waals surface area contributed by atoms with Crippen LogP contribution in [0.1, 0.15) is 23.6 Å². The molecule has 0 fully saturated rings. The van der Waals surface area contributed by atoms with Crippen LogP contribution in [0, 0.1) is 10.1 Å². The number of halogens is 2. The number of nitro benzene ring substituents is 1. The number of rotatable bonds is 10. The predicted octanol–water partition coefficient (Wildman–Crippen LogP) is 5.68. The molecule has 0 bridgehead atoms. The predicted molar refractivity (Wildman–Crippen MR) is 134 cm³/mol. The lowest BCUT2D eigenvalue weighted by atomic mass is 10.1. The van der Waals surface area contributed by atoms with E-state index >= 15 is 0 Å². The second-order valence-corrected chi connectivity index (χ2v) is 8.32. The molecule has 3 aromatic carbocycles. The van der Waals surface area contributed by atoms with Crippen LogP contribution in [0.2, 0.25) is 5.02 Å². The molecular formula is C24H21BrClN3O5. The number of hydrazone groups is 1. The van der Waals surface area contributed by atoms with Gasteiger partial charge in [-0.2, -0.15) is 5.10 Å². The maximum absolute atomic E-state index is 12.2. The lowest BCUT2D eigenvalue weighted by Gasteiger charge is -2.14. The number of hydrogen-bond acceptors (Lipinski definition) is 6. The van der Waals surface area contributed by atoms with Gasteiger partial charge in [0.2, 0.25) is 5.91 Å². The molecule has 0 aliphatic carbocycles. The summed E-state index contributed by atoms with van der Waals surface area (Å²) < 4.78 is 12.3. The Morgan fingerprint density at radius 2 is 1.85 bits per heavy atom. The SMILES string of the molecule is CCOc1cc(/C=N/NC(=O)Cc2ccccc2[N+](=O)[O-])c(Br)cc1OCc1ccc(Cl)cc1. The van der Waals surface area contributed by atoms with Gasteiger partial charge >= 0.3 is 0 Å². The smallest absolute Gasteiger partial charge is 0.273 e. The third-order valence-electron chi connectivity index (χ3n) is 4.60. The summed E-state index contributed by atoms with van der Waals surface area (Å²) in [6.45, 7) is 2.63. The fourth-order valence-corrected chi connectivity index (χ4v) is 3.55. The minimum Gasteiger partial charge on any atom is -0.490 e. The van der Waals surface area contributed by atoms with Crippen LogP contribution in [0.5, 0.6) is 11.5 Å². The molecule has 176 valence electrons. The molecule has 1 amide bonds. The first kappa shape index (κ1) is 25.2. The maximum atomic E-state index is 12.2. The Kier molecular flexibility index (Phi) is 9.00. The zero-order chi connectivity index (χ0) is 24.5. The molecule has 1 N–H and O–H groups in total. The first-order chi connectivity index (χ1) is 16.4. The molecule has 8 nitrogen and oxygen atoms in total. The van der Waals surface area contributed by atoms with E-state index in [0.717, 1.165) is 5.56 Å². The third-order valence-corrected chi connectivity index (χ3v) is 5.54. The van der Waals surface area contributed by atoms with Crippen molar-refractivity contribution in [2.24, 2.45) is 5.10 Å². The Hall–Kier alpha value is -3.43. The van der Waals surface area contributed by atoms with Gasteiger partial charge in [0.15, 0.2) is 11.5 Å². The van der Waals surface area contributed by atoms with E-state index in [9.17, 15) is 14.9 Å². The molecule has 0 spiro atoms. The number of carbonyl (C=O) groups is 1. The first-order valence-electron chi connectivity index (χ1n) is 10.2. The molecule has 0 radical (unpaired) electrons. The topological polar surface area (TPSA) is 103 Å². The van der Waals surface area contributed by atoms with Gasteiger partial charge in [-0.05, 0) is 52.7 Å². The minimum absolute atomic E-state index is 0.111. The maximum Gasteiger partial charge on any atom is 0.273 e. The minimum atomic E-state index is -0.519. The zero-order valence-corrected chi connectivity index (χ0v) is 20.5. The van der Waals surface area contributed by atoms with Crippen LogP contribution in [-0.2, 0) is 17.8 Å². The van der Waals surface area contributed by atoms with E-state index < -0.39 is 10.8 Å². The number of para-hydroxylation sites is 1. The van der Waals surface area contributed by atoms with Gasteiger partial charge in [0.05, 0.1) is 24.2 Å². The molecule has 10 heteroatoms. The number of nitrogens with zero attached hydrogens (tertiary/aromatic N) is 2. The number of carbonyl (C=O) groups excluding carboxylic acids is 1.